The Hall–Kier alpha value is -2.83. The van der Waals surface area contributed by atoms with Crippen molar-refractivity contribution in [2.24, 2.45) is 5.73 Å². The molecule has 1 fully saturated rings. The molecule has 32 heavy (non-hydrogen) atoms. The fourth-order valence-electron chi connectivity index (χ4n) is 3.38. The molecule has 176 valence electrons. The maximum atomic E-state index is 12.9. The number of likely N-dealkylation sites (tertiary alicyclic amines) is 1. The summed E-state index contributed by atoms with van der Waals surface area (Å²) in [5.41, 5.74) is 6.28. The highest BCUT2D eigenvalue weighted by molar-refractivity contribution is 7.80. The van der Waals surface area contributed by atoms with Crippen LogP contribution in [0.25, 0.3) is 0 Å². The molecule has 0 aliphatic carbocycles. The number of hydrogen-bond acceptors (Lipinski definition) is 8. The lowest BCUT2D eigenvalue weighted by molar-refractivity contribution is -0.150. The van der Waals surface area contributed by atoms with Gasteiger partial charge in [-0.05, 0) is 30.5 Å². The molecule has 3 amide bonds. The van der Waals surface area contributed by atoms with Gasteiger partial charge in [-0.25, -0.2) is 4.79 Å². The van der Waals surface area contributed by atoms with Gasteiger partial charge in [0.2, 0.25) is 17.7 Å². The highest BCUT2D eigenvalue weighted by atomic mass is 32.1. The SMILES string of the molecule is NC(CS)C(=O)NC(Cc1ccc(O)cc1)C(=O)NC(CO)C(=O)N1CCCC1C(=O)O. The van der Waals surface area contributed by atoms with Gasteiger partial charge in [-0.1, -0.05) is 12.1 Å². The molecule has 4 unspecified atom stereocenters. The second-order valence-electron chi connectivity index (χ2n) is 7.49. The summed E-state index contributed by atoms with van der Waals surface area (Å²) in [7, 11) is 0. The summed E-state index contributed by atoms with van der Waals surface area (Å²) in [4.78, 5) is 50.4. The van der Waals surface area contributed by atoms with Crippen LogP contribution < -0.4 is 16.4 Å². The van der Waals surface area contributed by atoms with Crippen LogP contribution in [0.15, 0.2) is 24.3 Å². The summed E-state index contributed by atoms with van der Waals surface area (Å²) in [6.45, 7) is -0.546. The largest absolute Gasteiger partial charge is 0.508 e. The van der Waals surface area contributed by atoms with Gasteiger partial charge in [-0.15, -0.1) is 0 Å². The van der Waals surface area contributed by atoms with Crippen LogP contribution in [-0.4, -0.2) is 87.0 Å². The van der Waals surface area contributed by atoms with Gasteiger partial charge in [0.25, 0.3) is 0 Å². The minimum Gasteiger partial charge on any atom is -0.508 e. The molecule has 11 nitrogen and oxygen atoms in total. The van der Waals surface area contributed by atoms with E-state index in [4.69, 9.17) is 5.73 Å². The second-order valence-corrected chi connectivity index (χ2v) is 7.86. The lowest BCUT2D eigenvalue weighted by Gasteiger charge is -2.28. The Morgan fingerprint density at radius 3 is 2.31 bits per heavy atom. The van der Waals surface area contributed by atoms with Crippen molar-refractivity contribution in [2.45, 2.75) is 43.4 Å². The van der Waals surface area contributed by atoms with Crippen molar-refractivity contribution < 1.29 is 34.5 Å². The zero-order valence-corrected chi connectivity index (χ0v) is 18.2. The third kappa shape index (κ3) is 6.58. The number of aliphatic hydroxyl groups excluding tert-OH is 1. The zero-order valence-electron chi connectivity index (χ0n) is 17.3. The van der Waals surface area contributed by atoms with Crippen molar-refractivity contribution in [3.63, 3.8) is 0 Å². The number of carbonyl (C=O) groups excluding carboxylic acids is 3. The highest BCUT2D eigenvalue weighted by Gasteiger charge is 2.38. The minimum absolute atomic E-state index is 0.0188. The van der Waals surface area contributed by atoms with Gasteiger partial charge in [0.1, 0.15) is 23.9 Å². The molecule has 12 heteroatoms. The van der Waals surface area contributed by atoms with Gasteiger partial charge in [0, 0.05) is 18.7 Å². The van der Waals surface area contributed by atoms with E-state index >= 15 is 0 Å². The first-order valence-electron chi connectivity index (χ1n) is 10.1. The van der Waals surface area contributed by atoms with Gasteiger partial charge < -0.3 is 36.6 Å². The summed E-state index contributed by atoms with van der Waals surface area (Å²) < 4.78 is 0. The van der Waals surface area contributed by atoms with E-state index in [-0.39, 0.29) is 30.9 Å². The van der Waals surface area contributed by atoms with Crippen molar-refractivity contribution >= 4 is 36.3 Å². The monoisotopic (exact) mass is 468 g/mol. The maximum Gasteiger partial charge on any atom is 0.326 e. The molecular formula is C20H28N4O7S. The quantitative estimate of drug-likeness (QED) is 0.197. The molecule has 1 aliphatic rings. The van der Waals surface area contributed by atoms with E-state index in [0.29, 0.717) is 12.0 Å². The molecule has 0 radical (unpaired) electrons. The van der Waals surface area contributed by atoms with Gasteiger partial charge >= 0.3 is 5.97 Å². The number of carboxylic acids is 1. The first-order valence-corrected chi connectivity index (χ1v) is 10.7. The minimum atomic E-state index is -1.37. The molecule has 1 aromatic rings. The third-order valence-electron chi connectivity index (χ3n) is 5.16. The number of aliphatic carboxylic acids is 1. The van der Waals surface area contributed by atoms with Crippen LogP contribution in [0.3, 0.4) is 0 Å². The number of rotatable bonds is 10. The number of benzene rings is 1. The van der Waals surface area contributed by atoms with E-state index in [0.717, 1.165) is 4.90 Å². The van der Waals surface area contributed by atoms with Crippen LogP contribution in [0.2, 0.25) is 0 Å². The predicted octanol–water partition coefficient (Wildman–Crippen LogP) is -1.77. The molecule has 1 saturated heterocycles. The molecule has 1 aromatic carbocycles. The van der Waals surface area contributed by atoms with Crippen LogP contribution in [-0.2, 0) is 25.6 Å². The number of aliphatic hydroxyl groups is 1. The van der Waals surface area contributed by atoms with Crippen LogP contribution in [0, 0.1) is 0 Å². The van der Waals surface area contributed by atoms with Gasteiger partial charge in [0.15, 0.2) is 0 Å². The van der Waals surface area contributed by atoms with Crippen molar-refractivity contribution in [1.29, 1.82) is 0 Å². The third-order valence-corrected chi connectivity index (χ3v) is 5.55. The summed E-state index contributed by atoms with van der Waals surface area (Å²) in [6.07, 6.45) is 0.801. The number of phenols is 1. The first-order chi connectivity index (χ1) is 15.2. The molecule has 0 saturated carbocycles. The number of phenolic OH excluding ortho intramolecular Hbond substituents is 1. The summed E-state index contributed by atoms with van der Waals surface area (Å²) in [5, 5.41) is 33.3. The molecule has 0 aromatic heterocycles. The number of nitrogens with two attached hydrogens (primary N) is 1. The van der Waals surface area contributed by atoms with Crippen LogP contribution >= 0.6 is 12.6 Å². The number of hydrogen-bond donors (Lipinski definition) is 7. The fourth-order valence-corrected chi connectivity index (χ4v) is 3.55. The van der Waals surface area contributed by atoms with Gasteiger partial charge in [-0.2, -0.15) is 12.6 Å². The van der Waals surface area contributed by atoms with Crippen LogP contribution in [0.5, 0.6) is 5.75 Å². The Kier molecular flexibility index (Phi) is 9.29. The Bertz CT molecular complexity index is 836. The number of aromatic hydroxyl groups is 1. The zero-order chi connectivity index (χ0) is 23.8. The number of nitrogens with zero attached hydrogens (tertiary/aromatic N) is 1. The lowest BCUT2D eigenvalue weighted by Crippen LogP contribution is -2.58. The van der Waals surface area contributed by atoms with Crippen molar-refractivity contribution in [3.8, 4) is 5.75 Å². The van der Waals surface area contributed by atoms with Gasteiger partial charge in [-0.3, -0.25) is 14.4 Å². The molecule has 1 heterocycles. The standard InChI is InChI=1S/C20H28N4O7S/c21-13(10-32)17(27)22-14(8-11-3-5-12(26)6-4-11)18(28)23-15(9-25)19(29)24-7-1-2-16(24)20(30)31/h3-6,13-16,25-26,32H,1-2,7-10,21H2,(H,22,27)(H,23,28)(H,30,31). The summed E-state index contributed by atoms with van der Waals surface area (Å²) in [6, 6.07) is 1.47. The Morgan fingerprint density at radius 2 is 1.75 bits per heavy atom. The summed E-state index contributed by atoms with van der Waals surface area (Å²) in [5.74, 6) is -3.18. The molecule has 1 aliphatic heterocycles. The Labute approximate surface area is 190 Å². The number of nitrogens with one attached hydrogen (secondary N) is 2. The first kappa shape index (κ1) is 25.4. The lowest BCUT2D eigenvalue weighted by atomic mass is 10.0. The number of thiol groups is 1. The van der Waals surface area contributed by atoms with Crippen LogP contribution in [0.4, 0.5) is 0 Å². The number of carbonyl (C=O) groups is 4. The molecule has 7 N–H and O–H groups in total. The fraction of sp³-hybridized carbons (Fsp3) is 0.500. The molecular weight excluding hydrogens is 440 g/mol. The molecule has 4 atom stereocenters. The van der Waals surface area contributed by atoms with E-state index in [1.54, 1.807) is 12.1 Å². The highest BCUT2D eigenvalue weighted by Crippen LogP contribution is 2.18. The molecule has 0 bridgehead atoms. The summed E-state index contributed by atoms with van der Waals surface area (Å²) >= 11 is 3.97. The van der Waals surface area contributed by atoms with Crippen molar-refractivity contribution in [2.75, 3.05) is 18.9 Å². The van der Waals surface area contributed by atoms with E-state index in [1.807, 2.05) is 0 Å². The Morgan fingerprint density at radius 1 is 1.12 bits per heavy atom. The normalized spacial score (nSPS) is 18.5. The van der Waals surface area contributed by atoms with Crippen molar-refractivity contribution in [1.82, 2.24) is 15.5 Å². The maximum absolute atomic E-state index is 12.9. The Balaban J connectivity index is 2.16. The average molecular weight is 469 g/mol. The number of amides is 3. The topological polar surface area (TPSA) is 182 Å². The van der Waals surface area contributed by atoms with E-state index < -0.39 is 54.5 Å². The average Bonchev–Trinajstić information content (AvgIpc) is 3.27. The number of carboxylic acid groups (broad SMARTS) is 1. The van der Waals surface area contributed by atoms with E-state index in [1.165, 1.54) is 12.1 Å². The molecule has 2 rings (SSSR count). The van der Waals surface area contributed by atoms with Crippen molar-refractivity contribution in [3.05, 3.63) is 29.8 Å². The molecule has 0 spiro atoms. The van der Waals surface area contributed by atoms with Gasteiger partial charge in [0.05, 0.1) is 12.6 Å². The smallest absolute Gasteiger partial charge is 0.326 e. The van der Waals surface area contributed by atoms with E-state index in [9.17, 15) is 34.5 Å². The predicted molar refractivity (Wildman–Crippen MR) is 117 cm³/mol. The van der Waals surface area contributed by atoms with Crippen LogP contribution in [0.1, 0.15) is 18.4 Å². The van der Waals surface area contributed by atoms with E-state index in [2.05, 4.69) is 23.3 Å². The second kappa shape index (κ2) is 11.7.